The van der Waals surface area contributed by atoms with Gasteiger partial charge in [0.25, 0.3) is 0 Å². The van der Waals surface area contributed by atoms with Crippen molar-refractivity contribution < 1.29 is 17.1 Å². The largest absolute Gasteiger partial charge is 0.245 e. The van der Waals surface area contributed by atoms with Gasteiger partial charge in [0.1, 0.15) is 0 Å². The van der Waals surface area contributed by atoms with Crippen molar-refractivity contribution >= 4 is 22.1 Å². The molecule has 0 atom stereocenters. The summed E-state index contributed by atoms with van der Waals surface area (Å²) in [5, 5.41) is 0. The molecule has 0 aliphatic heterocycles. The van der Waals surface area contributed by atoms with Crippen LogP contribution < -0.4 is 0 Å². The SMILES string of the molecule is [Cu].c1ccc2nc3ccccc3nc2c1. The first-order valence-corrected chi connectivity index (χ1v) is 4.55. The molecule has 3 rings (SSSR count). The van der Waals surface area contributed by atoms with Crippen molar-refractivity contribution in [3.63, 3.8) is 0 Å². The van der Waals surface area contributed by atoms with Crippen LogP contribution in [0.4, 0.5) is 0 Å². The molecule has 0 unspecified atom stereocenters. The minimum absolute atomic E-state index is 0. The van der Waals surface area contributed by atoms with Crippen molar-refractivity contribution in [3.05, 3.63) is 48.5 Å². The zero-order valence-corrected chi connectivity index (χ0v) is 8.76. The predicted molar refractivity (Wildman–Crippen MR) is 57.0 cm³/mol. The Balaban J connectivity index is 0.000000853. The van der Waals surface area contributed by atoms with Crippen LogP contribution in [-0.2, 0) is 17.1 Å². The van der Waals surface area contributed by atoms with E-state index in [9.17, 15) is 0 Å². The summed E-state index contributed by atoms with van der Waals surface area (Å²) in [7, 11) is 0. The Bertz CT molecular complexity index is 502. The van der Waals surface area contributed by atoms with Gasteiger partial charge in [-0.2, -0.15) is 0 Å². The molecule has 0 fully saturated rings. The molecule has 0 saturated carbocycles. The van der Waals surface area contributed by atoms with Gasteiger partial charge in [-0.1, -0.05) is 24.3 Å². The smallest absolute Gasteiger partial charge is 0.0894 e. The van der Waals surface area contributed by atoms with E-state index in [4.69, 9.17) is 0 Å². The standard InChI is InChI=1S/C12H8N2.Cu/c1-2-6-10-9(5-1)13-11-7-3-4-8-12(11)14-10;/h1-8H;. The Labute approximate surface area is 97.8 Å². The first-order valence-electron chi connectivity index (χ1n) is 4.55. The van der Waals surface area contributed by atoms with Gasteiger partial charge < -0.3 is 0 Å². The third kappa shape index (κ3) is 1.72. The molecule has 0 bridgehead atoms. The van der Waals surface area contributed by atoms with Crippen molar-refractivity contribution in [2.75, 3.05) is 0 Å². The average molecular weight is 244 g/mol. The monoisotopic (exact) mass is 243 g/mol. The Hall–Kier alpha value is -1.44. The molecule has 1 aromatic heterocycles. The maximum atomic E-state index is 4.52. The van der Waals surface area contributed by atoms with Crippen molar-refractivity contribution in [2.24, 2.45) is 0 Å². The van der Waals surface area contributed by atoms with Crippen LogP contribution >= 0.6 is 0 Å². The molecule has 3 heteroatoms. The first kappa shape index (κ1) is 10.1. The summed E-state index contributed by atoms with van der Waals surface area (Å²) < 4.78 is 0. The summed E-state index contributed by atoms with van der Waals surface area (Å²) in [4.78, 5) is 9.03. The van der Waals surface area contributed by atoms with Crippen LogP contribution in [0.2, 0.25) is 0 Å². The van der Waals surface area contributed by atoms with Gasteiger partial charge in [0.2, 0.25) is 0 Å². The second-order valence-corrected chi connectivity index (χ2v) is 3.20. The molecule has 2 nitrogen and oxygen atoms in total. The maximum Gasteiger partial charge on any atom is 0.0894 e. The summed E-state index contributed by atoms with van der Waals surface area (Å²) in [6.07, 6.45) is 0. The molecule has 1 radical (unpaired) electrons. The fraction of sp³-hybridized carbons (Fsp3) is 0. The minimum Gasteiger partial charge on any atom is -0.245 e. The summed E-state index contributed by atoms with van der Waals surface area (Å²) in [6, 6.07) is 15.8. The van der Waals surface area contributed by atoms with Gasteiger partial charge in [-0.3, -0.25) is 0 Å². The third-order valence-corrected chi connectivity index (χ3v) is 2.25. The van der Waals surface area contributed by atoms with Gasteiger partial charge in [-0.25, -0.2) is 9.97 Å². The van der Waals surface area contributed by atoms with Crippen molar-refractivity contribution in [1.29, 1.82) is 0 Å². The van der Waals surface area contributed by atoms with E-state index in [0.29, 0.717) is 0 Å². The summed E-state index contributed by atoms with van der Waals surface area (Å²) in [6.45, 7) is 0. The third-order valence-electron chi connectivity index (χ3n) is 2.25. The summed E-state index contributed by atoms with van der Waals surface area (Å²) in [5.74, 6) is 0. The normalized spacial score (nSPS) is 10.1. The van der Waals surface area contributed by atoms with Gasteiger partial charge in [-0.15, -0.1) is 0 Å². The molecule has 3 aromatic rings. The molecular weight excluding hydrogens is 236 g/mol. The minimum atomic E-state index is 0. The average Bonchev–Trinajstić information content (AvgIpc) is 2.26. The number of para-hydroxylation sites is 4. The van der Waals surface area contributed by atoms with E-state index in [-0.39, 0.29) is 17.1 Å². The fourth-order valence-corrected chi connectivity index (χ4v) is 1.57. The van der Waals surface area contributed by atoms with Gasteiger partial charge in [0.05, 0.1) is 22.1 Å². The molecule has 2 aromatic carbocycles. The van der Waals surface area contributed by atoms with Crippen LogP contribution in [0.5, 0.6) is 0 Å². The molecule has 15 heavy (non-hydrogen) atoms. The van der Waals surface area contributed by atoms with Gasteiger partial charge in [0.15, 0.2) is 0 Å². The second-order valence-electron chi connectivity index (χ2n) is 3.20. The van der Waals surface area contributed by atoms with Crippen molar-refractivity contribution in [3.8, 4) is 0 Å². The molecule has 0 amide bonds. The van der Waals surface area contributed by atoms with Crippen LogP contribution in [0.25, 0.3) is 22.1 Å². The van der Waals surface area contributed by atoms with Gasteiger partial charge in [-0.05, 0) is 24.3 Å². The number of hydrogen-bond donors (Lipinski definition) is 0. The molecule has 0 aliphatic rings. The van der Waals surface area contributed by atoms with E-state index >= 15 is 0 Å². The number of hydrogen-bond acceptors (Lipinski definition) is 2. The zero-order valence-electron chi connectivity index (χ0n) is 7.81. The molecule has 0 aliphatic carbocycles. The summed E-state index contributed by atoms with van der Waals surface area (Å²) in [5.41, 5.74) is 3.80. The molecule has 77 valence electrons. The van der Waals surface area contributed by atoms with Crippen molar-refractivity contribution in [2.45, 2.75) is 0 Å². The maximum absolute atomic E-state index is 4.52. The Morgan fingerprint density at radius 3 is 1.07 bits per heavy atom. The number of rotatable bonds is 0. The van der Waals surface area contributed by atoms with E-state index in [1.807, 2.05) is 48.5 Å². The number of benzene rings is 2. The van der Waals surface area contributed by atoms with Crippen LogP contribution in [-0.4, -0.2) is 9.97 Å². The van der Waals surface area contributed by atoms with Crippen LogP contribution in [0.15, 0.2) is 48.5 Å². The quantitative estimate of drug-likeness (QED) is 0.448. The van der Waals surface area contributed by atoms with Crippen LogP contribution in [0.1, 0.15) is 0 Å². The van der Waals surface area contributed by atoms with E-state index in [1.54, 1.807) is 0 Å². The van der Waals surface area contributed by atoms with E-state index in [2.05, 4.69) is 9.97 Å². The number of fused-ring (bicyclic) bond motifs is 2. The number of aromatic nitrogens is 2. The molecule has 0 spiro atoms. The van der Waals surface area contributed by atoms with Crippen LogP contribution in [0, 0.1) is 0 Å². The predicted octanol–water partition coefficient (Wildman–Crippen LogP) is 2.78. The Morgan fingerprint density at radius 2 is 0.800 bits per heavy atom. The van der Waals surface area contributed by atoms with E-state index in [0.717, 1.165) is 22.1 Å². The van der Waals surface area contributed by atoms with Gasteiger partial charge >= 0.3 is 0 Å². The first-order chi connectivity index (χ1) is 6.93. The molecular formula is C12H8CuN2. The number of nitrogens with zero attached hydrogens (tertiary/aromatic N) is 2. The Morgan fingerprint density at radius 1 is 0.533 bits per heavy atom. The summed E-state index contributed by atoms with van der Waals surface area (Å²) >= 11 is 0. The topological polar surface area (TPSA) is 25.8 Å². The molecule has 0 saturated heterocycles. The zero-order chi connectivity index (χ0) is 9.38. The van der Waals surface area contributed by atoms with Gasteiger partial charge in [0, 0.05) is 17.1 Å². The molecule has 0 N–H and O–H groups in total. The fourth-order valence-electron chi connectivity index (χ4n) is 1.57. The molecule has 1 heterocycles. The Kier molecular flexibility index (Phi) is 2.67. The van der Waals surface area contributed by atoms with Crippen LogP contribution in [0.3, 0.4) is 0 Å². The van der Waals surface area contributed by atoms with E-state index in [1.165, 1.54) is 0 Å². The second kappa shape index (κ2) is 3.97. The van der Waals surface area contributed by atoms with E-state index < -0.39 is 0 Å². The van der Waals surface area contributed by atoms with Crippen molar-refractivity contribution in [1.82, 2.24) is 9.97 Å².